The number of amides is 2. The number of rotatable bonds is 4. The monoisotopic (exact) mass is 201 g/mol. The second kappa shape index (κ2) is 5.95. The maximum absolute atomic E-state index is 11.2. The van der Waals surface area contributed by atoms with Gasteiger partial charge < -0.3 is 10.5 Å². The summed E-state index contributed by atoms with van der Waals surface area (Å²) in [4.78, 5) is 21.5. The molecule has 0 aromatic rings. The largest absolute Gasteiger partial charge is 0.469 e. The van der Waals surface area contributed by atoms with Crippen molar-refractivity contribution in [2.45, 2.75) is 20.3 Å². The lowest BCUT2D eigenvalue weighted by atomic mass is 10.0. The van der Waals surface area contributed by atoms with E-state index < -0.39 is 11.9 Å². The molecule has 1 atom stereocenters. The highest BCUT2D eigenvalue weighted by atomic mass is 16.5. The number of esters is 1. The Morgan fingerprint density at radius 2 is 2.14 bits per heavy atom. The number of carbonyl (C=O) groups is 2. The molecule has 6 nitrogen and oxygen atoms in total. The number of hydrogen-bond acceptors (Lipinski definition) is 4. The van der Waals surface area contributed by atoms with E-state index in [9.17, 15) is 9.59 Å². The molecular formula is C8H15N3O3. The van der Waals surface area contributed by atoms with Crippen LogP contribution in [-0.2, 0) is 9.53 Å². The summed E-state index contributed by atoms with van der Waals surface area (Å²) in [5, 5.41) is 3.66. The van der Waals surface area contributed by atoms with Crippen LogP contribution in [0.25, 0.3) is 0 Å². The van der Waals surface area contributed by atoms with Crippen LogP contribution in [0.5, 0.6) is 0 Å². The van der Waals surface area contributed by atoms with E-state index in [1.54, 1.807) is 6.92 Å². The van der Waals surface area contributed by atoms with E-state index in [2.05, 4.69) is 15.3 Å². The highest BCUT2D eigenvalue weighted by Gasteiger charge is 2.20. The molecule has 0 aliphatic carbocycles. The van der Waals surface area contributed by atoms with Crippen LogP contribution in [0, 0.1) is 5.92 Å². The quantitative estimate of drug-likeness (QED) is 0.387. The van der Waals surface area contributed by atoms with Crippen molar-refractivity contribution in [1.29, 1.82) is 0 Å². The highest BCUT2D eigenvalue weighted by molar-refractivity contribution is 6.01. The highest BCUT2D eigenvalue weighted by Crippen LogP contribution is 2.07. The van der Waals surface area contributed by atoms with Crippen LogP contribution in [-0.4, -0.2) is 24.8 Å². The Hall–Kier alpha value is -1.59. The number of hydrazone groups is 1. The number of methoxy groups -OCH3 is 1. The van der Waals surface area contributed by atoms with Gasteiger partial charge in [-0.3, -0.25) is 4.79 Å². The van der Waals surface area contributed by atoms with Gasteiger partial charge in [0.2, 0.25) is 0 Å². The molecule has 0 aromatic heterocycles. The molecule has 3 N–H and O–H groups in total. The van der Waals surface area contributed by atoms with Crippen LogP contribution >= 0.6 is 0 Å². The first-order chi connectivity index (χ1) is 6.52. The van der Waals surface area contributed by atoms with E-state index in [1.807, 2.05) is 6.92 Å². The smallest absolute Gasteiger partial charge is 0.332 e. The van der Waals surface area contributed by atoms with Gasteiger partial charge in [-0.1, -0.05) is 6.92 Å². The molecule has 0 bridgehead atoms. The summed E-state index contributed by atoms with van der Waals surface area (Å²) in [7, 11) is 1.31. The second-order valence-electron chi connectivity index (χ2n) is 2.71. The number of primary amides is 1. The predicted octanol–water partition coefficient (Wildman–Crippen LogP) is 0.230. The van der Waals surface area contributed by atoms with Gasteiger partial charge in [-0.2, -0.15) is 5.10 Å². The first-order valence-corrected chi connectivity index (χ1v) is 4.20. The van der Waals surface area contributed by atoms with Crippen LogP contribution in [0.2, 0.25) is 0 Å². The third kappa shape index (κ3) is 3.88. The minimum atomic E-state index is -0.760. The summed E-state index contributed by atoms with van der Waals surface area (Å²) in [6, 6.07) is -0.760. The van der Waals surface area contributed by atoms with Crippen LogP contribution in [0.4, 0.5) is 4.79 Å². The number of nitrogens with two attached hydrogens (primary N) is 1. The van der Waals surface area contributed by atoms with E-state index in [-0.39, 0.29) is 5.97 Å². The minimum absolute atomic E-state index is 0.375. The van der Waals surface area contributed by atoms with E-state index in [1.165, 1.54) is 7.11 Å². The zero-order valence-electron chi connectivity index (χ0n) is 8.53. The Labute approximate surface area is 82.5 Å². The molecule has 14 heavy (non-hydrogen) atoms. The van der Waals surface area contributed by atoms with Crippen molar-refractivity contribution in [1.82, 2.24) is 5.43 Å². The van der Waals surface area contributed by atoms with Crippen molar-refractivity contribution < 1.29 is 14.3 Å². The van der Waals surface area contributed by atoms with Gasteiger partial charge in [0, 0.05) is 5.71 Å². The van der Waals surface area contributed by atoms with E-state index >= 15 is 0 Å². The van der Waals surface area contributed by atoms with Crippen molar-refractivity contribution in [3.05, 3.63) is 0 Å². The van der Waals surface area contributed by atoms with Crippen LogP contribution in [0.15, 0.2) is 5.10 Å². The normalized spacial score (nSPS) is 13.2. The molecule has 0 saturated heterocycles. The molecule has 0 spiro atoms. The first-order valence-electron chi connectivity index (χ1n) is 4.20. The zero-order chi connectivity index (χ0) is 11.1. The summed E-state index contributed by atoms with van der Waals surface area (Å²) in [5.74, 6) is -0.813. The lowest BCUT2D eigenvalue weighted by Gasteiger charge is -2.11. The second-order valence-corrected chi connectivity index (χ2v) is 2.71. The van der Waals surface area contributed by atoms with Gasteiger partial charge in [0.25, 0.3) is 0 Å². The van der Waals surface area contributed by atoms with Gasteiger partial charge >= 0.3 is 12.0 Å². The topological polar surface area (TPSA) is 93.8 Å². The number of urea groups is 1. The van der Waals surface area contributed by atoms with Crippen molar-refractivity contribution in [3.8, 4) is 0 Å². The maximum atomic E-state index is 11.2. The van der Waals surface area contributed by atoms with E-state index in [0.717, 1.165) is 0 Å². The molecule has 0 rings (SSSR count). The Kier molecular flexibility index (Phi) is 5.28. The molecule has 6 heteroatoms. The third-order valence-corrected chi connectivity index (χ3v) is 1.74. The number of nitrogens with zero attached hydrogens (tertiary/aromatic N) is 1. The number of hydrogen-bond donors (Lipinski definition) is 2. The summed E-state index contributed by atoms with van der Waals surface area (Å²) in [6.07, 6.45) is 0.558. The minimum Gasteiger partial charge on any atom is -0.469 e. The van der Waals surface area contributed by atoms with Crippen LogP contribution < -0.4 is 11.2 Å². The SMILES string of the molecule is CCC(C(=O)OC)C(C)=NNC(N)=O. The third-order valence-electron chi connectivity index (χ3n) is 1.74. The van der Waals surface area contributed by atoms with Gasteiger partial charge in [-0.25, -0.2) is 10.2 Å². The molecule has 0 saturated carbocycles. The van der Waals surface area contributed by atoms with Gasteiger partial charge in [0.1, 0.15) is 0 Å². The van der Waals surface area contributed by atoms with Gasteiger partial charge in [0.15, 0.2) is 0 Å². The van der Waals surface area contributed by atoms with Gasteiger partial charge in [0.05, 0.1) is 13.0 Å². The Bertz CT molecular complexity index is 250. The van der Waals surface area contributed by atoms with Gasteiger partial charge in [-0.05, 0) is 13.3 Å². The van der Waals surface area contributed by atoms with Crippen molar-refractivity contribution in [2.24, 2.45) is 16.8 Å². The fraction of sp³-hybridized carbons (Fsp3) is 0.625. The summed E-state index contributed by atoms with van der Waals surface area (Å²) < 4.78 is 4.57. The van der Waals surface area contributed by atoms with Gasteiger partial charge in [-0.15, -0.1) is 0 Å². The van der Waals surface area contributed by atoms with Crippen molar-refractivity contribution in [3.63, 3.8) is 0 Å². The molecule has 0 aliphatic rings. The molecule has 1 unspecified atom stereocenters. The Morgan fingerprint density at radius 1 is 1.57 bits per heavy atom. The lowest BCUT2D eigenvalue weighted by molar-refractivity contribution is -0.143. The fourth-order valence-electron chi connectivity index (χ4n) is 0.996. The van der Waals surface area contributed by atoms with Crippen molar-refractivity contribution in [2.75, 3.05) is 7.11 Å². The summed E-state index contributed by atoms with van der Waals surface area (Å²) >= 11 is 0. The summed E-state index contributed by atoms with van der Waals surface area (Å²) in [6.45, 7) is 3.45. The maximum Gasteiger partial charge on any atom is 0.332 e. The number of ether oxygens (including phenoxy) is 1. The van der Waals surface area contributed by atoms with Crippen LogP contribution in [0.3, 0.4) is 0 Å². The molecule has 0 fully saturated rings. The Morgan fingerprint density at radius 3 is 2.50 bits per heavy atom. The molecule has 0 radical (unpaired) electrons. The Balaban J connectivity index is 4.44. The average Bonchev–Trinajstić information content (AvgIpc) is 2.15. The molecular weight excluding hydrogens is 186 g/mol. The molecule has 0 aliphatic heterocycles. The van der Waals surface area contributed by atoms with E-state index in [0.29, 0.717) is 12.1 Å². The van der Waals surface area contributed by atoms with Crippen molar-refractivity contribution >= 4 is 17.7 Å². The number of carbonyl (C=O) groups excluding carboxylic acids is 2. The van der Waals surface area contributed by atoms with E-state index in [4.69, 9.17) is 5.73 Å². The standard InChI is InChI=1S/C8H15N3O3/c1-4-6(7(12)14-3)5(2)10-11-8(9)13/h6H,4H2,1-3H3,(H3,9,11,13). The summed E-state index contributed by atoms with van der Waals surface area (Å²) in [5.41, 5.74) is 7.35. The first kappa shape index (κ1) is 12.4. The van der Waals surface area contributed by atoms with Crippen LogP contribution in [0.1, 0.15) is 20.3 Å². The molecule has 80 valence electrons. The molecule has 2 amide bonds. The number of nitrogens with one attached hydrogen (secondary N) is 1. The molecule has 0 aromatic carbocycles. The average molecular weight is 201 g/mol. The molecule has 0 heterocycles. The fourth-order valence-corrected chi connectivity index (χ4v) is 0.996. The zero-order valence-corrected chi connectivity index (χ0v) is 8.53. The lowest BCUT2D eigenvalue weighted by Crippen LogP contribution is -2.29. The predicted molar refractivity (Wildman–Crippen MR) is 51.6 cm³/mol.